The second kappa shape index (κ2) is 11.7. The zero-order valence-electron chi connectivity index (χ0n) is 20.2. The van der Waals surface area contributed by atoms with Crippen molar-refractivity contribution in [1.29, 1.82) is 0 Å². The Balaban J connectivity index is 1.90. The molecule has 33 heavy (non-hydrogen) atoms. The van der Waals surface area contributed by atoms with Crippen molar-refractivity contribution in [3.05, 3.63) is 12.7 Å². The second-order valence-electron chi connectivity index (χ2n) is 9.40. The van der Waals surface area contributed by atoms with Gasteiger partial charge in [0, 0.05) is 31.5 Å². The molecule has 5 atom stereocenters. The second-order valence-corrected chi connectivity index (χ2v) is 11.0. The largest absolute Gasteiger partial charge is 0.466 e. The number of esters is 1. The molecule has 7 nitrogen and oxygen atoms in total. The predicted octanol–water partition coefficient (Wildman–Crippen LogP) is 3.01. The normalized spacial score (nSPS) is 29.9. The van der Waals surface area contributed by atoms with Crippen LogP contribution in [0.1, 0.15) is 65.2 Å². The van der Waals surface area contributed by atoms with Gasteiger partial charge < -0.3 is 19.6 Å². The number of ether oxygens (including phenoxy) is 1. The van der Waals surface area contributed by atoms with Gasteiger partial charge in [-0.2, -0.15) is 0 Å². The number of amides is 2. The summed E-state index contributed by atoms with van der Waals surface area (Å²) in [5.74, 6) is -1.30. The molecule has 186 valence electrons. The Kier molecular flexibility index (Phi) is 9.27. The number of aliphatic hydroxyl groups is 1. The third-order valence-corrected chi connectivity index (χ3v) is 9.29. The number of rotatable bonds is 14. The molecule has 3 aliphatic heterocycles. The van der Waals surface area contributed by atoms with Gasteiger partial charge in [-0.1, -0.05) is 32.3 Å². The molecule has 2 bridgehead atoms. The van der Waals surface area contributed by atoms with Crippen molar-refractivity contribution < 1.29 is 24.2 Å². The van der Waals surface area contributed by atoms with Crippen LogP contribution in [-0.2, 0) is 19.1 Å². The van der Waals surface area contributed by atoms with E-state index in [-0.39, 0.29) is 29.6 Å². The van der Waals surface area contributed by atoms with Gasteiger partial charge in [0.25, 0.3) is 0 Å². The van der Waals surface area contributed by atoms with E-state index in [4.69, 9.17) is 9.84 Å². The van der Waals surface area contributed by atoms with E-state index in [1.54, 1.807) is 29.7 Å². The standard InChI is InChI=1S/C25H40N2O5S/c1-4-7-15-26(14-5-2)23(30)21-25-13-12-18(33-25)19(24(31)32-6-3)20(25)22(29)27(21)16-10-8-9-11-17-28/h5,18-21,28H,2,4,6-17H2,1,3H3/t18-,19+,20-,21?,25?/m0/s1. The molecule has 3 aliphatic rings. The van der Waals surface area contributed by atoms with Crippen LogP contribution < -0.4 is 0 Å². The van der Waals surface area contributed by atoms with Crippen LogP contribution in [-0.4, -0.2) is 81.6 Å². The van der Waals surface area contributed by atoms with Crippen molar-refractivity contribution >= 4 is 29.5 Å². The van der Waals surface area contributed by atoms with Gasteiger partial charge in [0.05, 0.1) is 23.2 Å². The van der Waals surface area contributed by atoms with Crippen LogP contribution in [0.2, 0.25) is 0 Å². The molecule has 3 fully saturated rings. The average Bonchev–Trinajstić information content (AvgIpc) is 3.44. The van der Waals surface area contributed by atoms with E-state index in [1.807, 2.05) is 4.90 Å². The monoisotopic (exact) mass is 480 g/mol. The van der Waals surface area contributed by atoms with Gasteiger partial charge in [0.1, 0.15) is 6.04 Å². The SMILES string of the molecule is C=CCN(CCCC)C(=O)C1N(CCCCCCO)C(=O)[C@@H]2[C@H](C(=O)OCC)[C@@H]3CCC12S3. The van der Waals surface area contributed by atoms with E-state index in [9.17, 15) is 14.4 Å². The number of unbranched alkanes of at least 4 members (excludes halogenated alkanes) is 4. The summed E-state index contributed by atoms with van der Waals surface area (Å²) < 4.78 is 4.82. The molecule has 3 rings (SSSR count). The molecule has 0 aromatic rings. The van der Waals surface area contributed by atoms with E-state index >= 15 is 0 Å². The van der Waals surface area contributed by atoms with Crippen molar-refractivity contribution in [3.8, 4) is 0 Å². The highest BCUT2D eigenvalue weighted by atomic mass is 32.2. The van der Waals surface area contributed by atoms with Crippen molar-refractivity contribution in [2.45, 2.75) is 81.3 Å². The number of fused-ring (bicyclic) bond motifs is 1. The minimum Gasteiger partial charge on any atom is -0.466 e. The summed E-state index contributed by atoms with van der Waals surface area (Å²) in [5, 5.41) is 9.10. The smallest absolute Gasteiger partial charge is 0.310 e. The van der Waals surface area contributed by atoms with Crippen LogP contribution in [0.5, 0.6) is 0 Å². The van der Waals surface area contributed by atoms with Gasteiger partial charge in [-0.3, -0.25) is 14.4 Å². The molecule has 0 saturated carbocycles. The first-order chi connectivity index (χ1) is 16.0. The molecule has 3 heterocycles. The first kappa shape index (κ1) is 26.1. The van der Waals surface area contributed by atoms with Gasteiger partial charge in [0.15, 0.2) is 0 Å². The highest BCUT2D eigenvalue weighted by molar-refractivity contribution is 8.02. The third-order valence-electron chi connectivity index (χ3n) is 7.34. The summed E-state index contributed by atoms with van der Waals surface area (Å²) >= 11 is 1.69. The minimum absolute atomic E-state index is 0.00721. The number of aliphatic hydroxyl groups excluding tert-OH is 1. The Labute approximate surface area is 202 Å². The van der Waals surface area contributed by atoms with E-state index < -0.39 is 22.6 Å². The molecule has 0 aliphatic carbocycles. The number of nitrogens with zero attached hydrogens (tertiary/aromatic N) is 2. The first-order valence-corrected chi connectivity index (χ1v) is 13.5. The molecule has 1 N–H and O–H groups in total. The molecule has 3 saturated heterocycles. The van der Waals surface area contributed by atoms with E-state index in [0.29, 0.717) is 26.2 Å². The lowest BCUT2D eigenvalue weighted by Gasteiger charge is -2.37. The van der Waals surface area contributed by atoms with Crippen molar-refractivity contribution in [3.63, 3.8) is 0 Å². The maximum Gasteiger partial charge on any atom is 0.310 e. The van der Waals surface area contributed by atoms with Gasteiger partial charge >= 0.3 is 5.97 Å². The summed E-state index contributed by atoms with van der Waals surface area (Å²) in [5.41, 5.74) is 0. The van der Waals surface area contributed by atoms with Crippen LogP contribution in [0.15, 0.2) is 12.7 Å². The molecule has 8 heteroatoms. The summed E-state index contributed by atoms with van der Waals surface area (Å²) in [6.45, 7) is 9.80. The maximum atomic E-state index is 14.0. The molecular weight excluding hydrogens is 440 g/mol. The van der Waals surface area contributed by atoms with Crippen molar-refractivity contribution in [1.82, 2.24) is 9.80 Å². The number of hydrogen-bond donors (Lipinski definition) is 1. The average molecular weight is 481 g/mol. The van der Waals surface area contributed by atoms with Crippen LogP contribution in [0, 0.1) is 11.8 Å². The van der Waals surface area contributed by atoms with E-state index in [2.05, 4.69) is 13.5 Å². The third kappa shape index (κ3) is 4.97. The fraction of sp³-hybridized carbons (Fsp3) is 0.800. The predicted molar refractivity (Wildman–Crippen MR) is 130 cm³/mol. The molecule has 0 aromatic heterocycles. The van der Waals surface area contributed by atoms with Gasteiger partial charge in [0.2, 0.25) is 11.8 Å². The Morgan fingerprint density at radius 3 is 2.70 bits per heavy atom. The van der Waals surface area contributed by atoms with E-state index in [1.165, 1.54) is 0 Å². The molecule has 2 amide bonds. The van der Waals surface area contributed by atoms with Crippen molar-refractivity contribution in [2.75, 3.05) is 32.8 Å². The fourth-order valence-electron chi connectivity index (χ4n) is 5.90. The lowest BCUT2D eigenvalue weighted by molar-refractivity contribution is -0.153. The number of likely N-dealkylation sites (tertiary alicyclic amines) is 1. The van der Waals surface area contributed by atoms with Crippen molar-refractivity contribution in [2.24, 2.45) is 11.8 Å². The molecule has 0 aromatic carbocycles. The summed E-state index contributed by atoms with van der Waals surface area (Å²) in [7, 11) is 0. The van der Waals surface area contributed by atoms with Crippen LogP contribution in [0.4, 0.5) is 0 Å². The van der Waals surface area contributed by atoms with Gasteiger partial charge in [-0.15, -0.1) is 18.3 Å². The van der Waals surface area contributed by atoms with Crippen LogP contribution >= 0.6 is 11.8 Å². The van der Waals surface area contributed by atoms with Crippen LogP contribution in [0.3, 0.4) is 0 Å². The highest BCUT2D eigenvalue weighted by Crippen LogP contribution is 2.66. The summed E-state index contributed by atoms with van der Waals surface area (Å²) in [6, 6.07) is -0.543. The lowest BCUT2D eigenvalue weighted by Crippen LogP contribution is -2.55. The van der Waals surface area contributed by atoms with Crippen LogP contribution in [0.25, 0.3) is 0 Å². The lowest BCUT2D eigenvalue weighted by atomic mass is 9.71. The summed E-state index contributed by atoms with van der Waals surface area (Å²) in [6.07, 6.45) is 8.57. The zero-order valence-corrected chi connectivity index (χ0v) is 21.0. The first-order valence-electron chi connectivity index (χ1n) is 12.6. The quantitative estimate of drug-likeness (QED) is 0.234. The fourth-order valence-corrected chi connectivity index (χ4v) is 8.10. The molecule has 0 radical (unpaired) electrons. The molecule has 2 unspecified atom stereocenters. The number of carbonyl (C=O) groups excluding carboxylic acids is 3. The van der Waals surface area contributed by atoms with E-state index in [0.717, 1.165) is 51.4 Å². The Hall–Kier alpha value is -1.54. The highest BCUT2D eigenvalue weighted by Gasteiger charge is 2.74. The Bertz CT molecular complexity index is 732. The Morgan fingerprint density at radius 2 is 2.03 bits per heavy atom. The van der Waals surface area contributed by atoms with Gasteiger partial charge in [-0.25, -0.2) is 0 Å². The number of hydrogen-bond acceptors (Lipinski definition) is 6. The molecule has 1 spiro atoms. The van der Waals surface area contributed by atoms with Gasteiger partial charge in [-0.05, 0) is 39.0 Å². The zero-order chi connectivity index (χ0) is 24.0. The summed E-state index contributed by atoms with van der Waals surface area (Å²) in [4.78, 5) is 44.3. The maximum absolute atomic E-state index is 14.0. The Morgan fingerprint density at radius 1 is 1.27 bits per heavy atom. The number of carbonyl (C=O) groups is 3. The molecular formula is C25H40N2O5S. The number of thioether (sulfide) groups is 1. The topological polar surface area (TPSA) is 87.2 Å². The minimum atomic E-state index is -0.549.